The molecule has 15 heteroatoms. The highest BCUT2D eigenvalue weighted by Crippen LogP contribution is 2.33. The Hall–Kier alpha value is -3.89. The van der Waals surface area contributed by atoms with Crippen molar-refractivity contribution in [3.05, 3.63) is 66.1 Å². The minimum Gasteiger partial charge on any atom is -0.347 e. The Morgan fingerprint density at radius 3 is 2.38 bits per heavy atom. The number of amides is 2. The van der Waals surface area contributed by atoms with Crippen LogP contribution < -0.4 is 10.2 Å². The number of nitrogens with one attached hydrogen (secondary N) is 1. The topological polar surface area (TPSA) is 175 Å². The molecule has 1 fully saturated rings. The molecule has 0 radical (unpaired) electrons. The molecule has 1 aromatic carbocycles. The minimum atomic E-state index is -4.47. The summed E-state index contributed by atoms with van der Waals surface area (Å²) in [7, 11) is 0. The predicted octanol–water partition coefficient (Wildman–Crippen LogP) is 1.20. The fourth-order valence-electron chi connectivity index (χ4n) is 3.72. The van der Waals surface area contributed by atoms with Crippen LogP contribution in [0, 0.1) is 0 Å². The maximum absolute atomic E-state index is 13.0. The maximum Gasteiger partial charge on any atom is 0.416 e. The van der Waals surface area contributed by atoms with Crippen molar-refractivity contribution >= 4 is 17.8 Å². The zero-order valence-electron chi connectivity index (χ0n) is 19.0. The van der Waals surface area contributed by atoms with Crippen LogP contribution in [-0.2, 0) is 6.18 Å². The molecule has 196 valence electrons. The summed E-state index contributed by atoms with van der Waals surface area (Å²) in [6.45, 7) is 0.828. The summed E-state index contributed by atoms with van der Waals surface area (Å²) in [5, 5.41) is 50.7. The number of halogens is 3. The minimum absolute atomic E-state index is 0.00950. The number of anilines is 2. The third-order valence-electron chi connectivity index (χ3n) is 5.47. The summed E-state index contributed by atoms with van der Waals surface area (Å²) >= 11 is 0. The molecular weight excluding hydrogens is 501 g/mol. The van der Waals surface area contributed by atoms with Gasteiger partial charge in [-0.1, -0.05) is 18.2 Å². The van der Waals surface area contributed by atoms with Gasteiger partial charge in [0.2, 0.25) is 5.95 Å². The lowest BCUT2D eigenvalue weighted by Gasteiger charge is -2.31. The van der Waals surface area contributed by atoms with E-state index in [2.05, 4.69) is 20.3 Å². The highest BCUT2D eigenvalue weighted by atomic mass is 19.4. The van der Waals surface area contributed by atoms with Gasteiger partial charge in [0.1, 0.15) is 12.4 Å². The van der Waals surface area contributed by atoms with E-state index in [1.54, 1.807) is 19.1 Å². The predicted molar refractivity (Wildman–Crippen MR) is 120 cm³/mol. The van der Waals surface area contributed by atoms with E-state index in [0.29, 0.717) is 21.7 Å². The second-order valence-electron chi connectivity index (χ2n) is 8.23. The van der Waals surface area contributed by atoms with E-state index in [1.807, 2.05) is 0 Å². The Bertz CT molecular complexity index is 1300. The summed E-state index contributed by atoms with van der Waals surface area (Å²) in [6.07, 6.45) is -5.64. The number of alkyl halides is 3. The summed E-state index contributed by atoms with van der Waals surface area (Å²) in [5.74, 6) is -3.28. The van der Waals surface area contributed by atoms with E-state index >= 15 is 0 Å². The first kappa shape index (κ1) is 26.2. The van der Waals surface area contributed by atoms with Gasteiger partial charge in [0.25, 0.3) is 5.91 Å². The van der Waals surface area contributed by atoms with Gasteiger partial charge < -0.3 is 30.8 Å². The van der Waals surface area contributed by atoms with Crippen LogP contribution in [0.4, 0.5) is 29.7 Å². The second-order valence-corrected chi connectivity index (χ2v) is 8.23. The number of rotatable bonds is 6. The fourth-order valence-corrected chi connectivity index (χ4v) is 3.72. The standard InChI is InChI=1S/C22H21F3N6O6/c1-12(16-6-5-14(10-27-16)13-3-2-4-15(9-13)21(23,24)25)28-18-26-8-7-17(29-18)30-11-20(33,34)31(19(30)32)22(35,36)37/h2-10,12,33-37H,11H2,1H3,(H,26,28,29). The third-order valence-corrected chi connectivity index (χ3v) is 5.47. The van der Waals surface area contributed by atoms with Gasteiger partial charge in [-0.05, 0) is 36.8 Å². The highest BCUT2D eigenvalue weighted by molar-refractivity contribution is 5.94. The van der Waals surface area contributed by atoms with E-state index in [0.717, 1.165) is 12.1 Å². The Morgan fingerprint density at radius 2 is 1.78 bits per heavy atom. The van der Waals surface area contributed by atoms with E-state index < -0.39 is 42.4 Å². The normalized spacial score (nSPS) is 16.7. The van der Waals surface area contributed by atoms with Crippen molar-refractivity contribution in [3.8, 4) is 11.1 Å². The second kappa shape index (κ2) is 9.20. The molecule has 0 saturated carbocycles. The molecule has 1 aliphatic rings. The molecule has 12 nitrogen and oxygen atoms in total. The molecule has 1 aliphatic heterocycles. The van der Waals surface area contributed by atoms with Crippen molar-refractivity contribution in [2.45, 2.75) is 31.2 Å². The first-order valence-corrected chi connectivity index (χ1v) is 10.6. The first-order valence-electron chi connectivity index (χ1n) is 10.6. The molecule has 6 N–H and O–H groups in total. The smallest absolute Gasteiger partial charge is 0.347 e. The molecule has 1 unspecified atom stereocenters. The van der Waals surface area contributed by atoms with E-state index in [-0.39, 0.29) is 16.7 Å². The molecule has 0 spiro atoms. The fraction of sp³-hybridized carbons (Fsp3) is 0.273. The number of carbonyl (C=O) groups is 1. The summed E-state index contributed by atoms with van der Waals surface area (Å²) in [6, 6.07) is 7.44. The molecule has 3 heterocycles. The molecule has 1 saturated heterocycles. The van der Waals surface area contributed by atoms with Gasteiger partial charge in [-0.3, -0.25) is 9.88 Å². The van der Waals surface area contributed by atoms with Crippen LogP contribution in [0.25, 0.3) is 11.1 Å². The lowest BCUT2D eigenvalue weighted by molar-refractivity contribution is -0.433. The first-order chi connectivity index (χ1) is 17.2. The Morgan fingerprint density at radius 1 is 1.05 bits per heavy atom. The Labute approximate surface area is 206 Å². The van der Waals surface area contributed by atoms with Crippen LogP contribution in [0.1, 0.15) is 24.2 Å². The molecule has 4 rings (SSSR count). The molecule has 2 aromatic heterocycles. The summed E-state index contributed by atoms with van der Waals surface area (Å²) in [5.41, 5.74) is 0.532. The Kier molecular flexibility index (Phi) is 6.51. The van der Waals surface area contributed by atoms with E-state index in [4.69, 9.17) is 0 Å². The average molecular weight is 522 g/mol. The summed E-state index contributed by atoms with van der Waals surface area (Å²) < 4.78 is 39.0. The number of benzene rings is 1. The van der Waals surface area contributed by atoms with Gasteiger partial charge >= 0.3 is 18.3 Å². The number of β-amino-alcohol motifs (C(OH)–C–C–N with tert-alkyl or cyclic N) is 2. The van der Waals surface area contributed by atoms with Crippen molar-refractivity contribution in [1.82, 2.24) is 19.9 Å². The van der Waals surface area contributed by atoms with Crippen molar-refractivity contribution in [2.75, 3.05) is 16.8 Å². The lowest BCUT2D eigenvalue weighted by atomic mass is 10.0. The van der Waals surface area contributed by atoms with Crippen molar-refractivity contribution in [2.24, 2.45) is 0 Å². The van der Waals surface area contributed by atoms with Crippen molar-refractivity contribution in [3.63, 3.8) is 0 Å². The monoisotopic (exact) mass is 522 g/mol. The number of hydrogen-bond acceptors (Lipinski definition) is 10. The zero-order valence-corrected chi connectivity index (χ0v) is 19.0. The number of pyridine rings is 1. The van der Waals surface area contributed by atoms with Crippen LogP contribution in [0.15, 0.2) is 54.9 Å². The third kappa shape index (κ3) is 5.45. The van der Waals surface area contributed by atoms with Crippen LogP contribution in [0.5, 0.6) is 0 Å². The molecule has 0 bridgehead atoms. The van der Waals surface area contributed by atoms with Crippen LogP contribution in [0.2, 0.25) is 0 Å². The number of aliphatic hydroxyl groups is 5. The largest absolute Gasteiger partial charge is 0.416 e. The average Bonchev–Trinajstić information content (AvgIpc) is 3.07. The number of hydrogen-bond donors (Lipinski definition) is 6. The van der Waals surface area contributed by atoms with Gasteiger partial charge in [-0.2, -0.15) is 23.1 Å². The zero-order chi connectivity index (χ0) is 27.2. The number of nitrogens with zero attached hydrogens (tertiary/aromatic N) is 5. The van der Waals surface area contributed by atoms with Crippen LogP contribution in [-0.4, -0.2) is 70.0 Å². The van der Waals surface area contributed by atoms with E-state index in [9.17, 15) is 43.5 Å². The van der Waals surface area contributed by atoms with E-state index in [1.165, 1.54) is 30.6 Å². The summed E-state index contributed by atoms with van der Waals surface area (Å²) in [4.78, 5) is 25.2. The lowest BCUT2D eigenvalue weighted by Crippen LogP contribution is -2.60. The van der Waals surface area contributed by atoms with Crippen LogP contribution in [0.3, 0.4) is 0 Å². The molecule has 3 aromatic rings. The highest BCUT2D eigenvalue weighted by Gasteiger charge is 2.57. The molecule has 0 aliphatic carbocycles. The quantitative estimate of drug-likeness (QED) is 0.258. The van der Waals surface area contributed by atoms with Gasteiger partial charge in [-0.15, -0.1) is 0 Å². The maximum atomic E-state index is 13.0. The van der Waals surface area contributed by atoms with Crippen molar-refractivity contribution in [1.29, 1.82) is 0 Å². The number of aromatic nitrogens is 3. The molecule has 2 amide bonds. The molecular formula is C22H21F3N6O6. The van der Waals surface area contributed by atoms with Gasteiger partial charge in [0.15, 0.2) is 0 Å². The Balaban J connectivity index is 1.50. The molecule has 37 heavy (non-hydrogen) atoms. The number of urea groups is 1. The van der Waals surface area contributed by atoms with Gasteiger partial charge in [0, 0.05) is 18.0 Å². The SMILES string of the molecule is CC(Nc1nccc(N2CC(O)(O)N(C(O)(O)O)C2=O)n1)c1ccc(-c2cccc(C(F)(F)F)c2)cn1. The molecule has 1 atom stereocenters. The van der Waals surface area contributed by atoms with Gasteiger partial charge in [0.05, 0.1) is 17.3 Å². The van der Waals surface area contributed by atoms with Crippen molar-refractivity contribution < 1.29 is 43.5 Å². The van der Waals surface area contributed by atoms with Gasteiger partial charge in [-0.25, -0.2) is 9.78 Å². The number of carbonyl (C=O) groups excluding carboxylic acids is 1. The van der Waals surface area contributed by atoms with Crippen LogP contribution >= 0.6 is 0 Å².